The van der Waals surface area contributed by atoms with E-state index in [-0.39, 0.29) is 0 Å². The second-order valence-corrected chi connectivity index (χ2v) is 5.17. The van der Waals surface area contributed by atoms with Crippen molar-refractivity contribution in [3.63, 3.8) is 0 Å². The van der Waals surface area contributed by atoms with Gasteiger partial charge in [-0.15, -0.1) is 11.3 Å². The van der Waals surface area contributed by atoms with E-state index in [2.05, 4.69) is 48.3 Å². The fourth-order valence-electron chi connectivity index (χ4n) is 1.56. The zero-order valence-electron chi connectivity index (χ0n) is 10.8. The quantitative estimate of drug-likeness (QED) is 0.795. The van der Waals surface area contributed by atoms with Gasteiger partial charge in [0, 0.05) is 25.0 Å². The zero-order valence-corrected chi connectivity index (χ0v) is 11.6. The van der Waals surface area contributed by atoms with Gasteiger partial charge in [-0.05, 0) is 19.4 Å². The molecule has 0 spiro atoms. The average Bonchev–Trinajstić information content (AvgIpc) is 2.71. The number of nitrogens with one attached hydrogen (secondary N) is 1. The monoisotopic (exact) mass is 241 g/mol. The van der Waals surface area contributed by atoms with Gasteiger partial charge in [0.2, 0.25) is 0 Å². The van der Waals surface area contributed by atoms with Crippen molar-refractivity contribution in [1.29, 1.82) is 0 Å². The Balaban J connectivity index is 2.59. The van der Waals surface area contributed by atoms with E-state index in [0.29, 0.717) is 5.92 Å². The molecule has 0 aliphatic heterocycles. The maximum absolute atomic E-state index is 4.65. The van der Waals surface area contributed by atoms with Crippen molar-refractivity contribution in [2.75, 3.05) is 24.5 Å². The van der Waals surface area contributed by atoms with E-state index in [1.807, 2.05) is 0 Å². The van der Waals surface area contributed by atoms with Crippen LogP contribution < -0.4 is 10.2 Å². The molecule has 0 aromatic carbocycles. The highest BCUT2D eigenvalue weighted by atomic mass is 32.1. The Bertz CT molecular complexity index is 296. The normalized spacial score (nSPS) is 11.1. The Hall–Kier alpha value is -0.610. The Kier molecular flexibility index (Phi) is 5.77. The molecule has 0 unspecified atom stereocenters. The smallest absolute Gasteiger partial charge is 0.185 e. The summed E-state index contributed by atoms with van der Waals surface area (Å²) in [6, 6.07) is 0. The van der Waals surface area contributed by atoms with Crippen LogP contribution in [0, 0.1) is 5.92 Å². The highest BCUT2D eigenvalue weighted by molar-refractivity contribution is 7.13. The van der Waals surface area contributed by atoms with Crippen LogP contribution in [-0.4, -0.2) is 24.6 Å². The van der Waals surface area contributed by atoms with Crippen LogP contribution in [-0.2, 0) is 6.54 Å². The molecule has 1 heterocycles. The largest absolute Gasteiger partial charge is 0.348 e. The van der Waals surface area contributed by atoms with E-state index in [1.165, 1.54) is 0 Å². The first-order chi connectivity index (χ1) is 7.67. The number of hydrogen-bond donors (Lipinski definition) is 1. The molecule has 0 saturated carbocycles. The molecule has 1 rings (SSSR count). The lowest BCUT2D eigenvalue weighted by Crippen LogP contribution is -2.27. The maximum Gasteiger partial charge on any atom is 0.185 e. The van der Waals surface area contributed by atoms with Crippen molar-refractivity contribution in [3.05, 3.63) is 11.1 Å². The van der Waals surface area contributed by atoms with Crippen LogP contribution in [0.2, 0.25) is 0 Å². The van der Waals surface area contributed by atoms with Gasteiger partial charge in [-0.2, -0.15) is 0 Å². The van der Waals surface area contributed by atoms with Crippen molar-refractivity contribution >= 4 is 16.5 Å². The van der Waals surface area contributed by atoms with Crippen molar-refractivity contribution in [2.24, 2.45) is 5.92 Å². The van der Waals surface area contributed by atoms with Crippen LogP contribution >= 0.6 is 11.3 Å². The molecule has 0 saturated heterocycles. The first-order valence-corrected chi connectivity index (χ1v) is 6.95. The summed E-state index contributed by atoms with van der Waals surface area (Å²) >= 11 is 1.75. The third-order valence-electron chi connectivity index (χ3n) is 2.33. The molecule has 3 nitrogen and oxygen atoms in total. The third-order valence-corrected chi connectivity index (χ3v) is 3.28. The third kappa shape index (κ3) is 4.10. The topological polar surface area (TPSA) is 28.2 Å². The minimum Gasteiger partial charge on any atom is -0.348 e. The lowest BCUT2D eigenvalue weighted by atomic mass is 10.2. The highest BCUT2D eigenvalue weighted by Gasteiger charge is 2.10. The fraction of sp³-hybridized carbons (Fsp3) is 0.750. The average molecular weight is 241 g/mol. The number of hydrogen-bond acceptors (Lipinski definition) is 4. The molecule has 0 bridgehead atoms. The number of nitrogens with zero attached hydrogens (tertiary/aromatic N) is 2. The van der Waals surface area contributed by atoms with Gasteiger partial charge in [-0.25, -0.2) is 4.98 Å². The molecule has 4 heteroatoms. The number of thiazole rings is 1. The van der Waals surface area contributed by atoms with E-state index in [4.69, 9.17) is 0 Å². The van der Waals surface area contributed by atoms with Crippen LogP contribution in [0.25, 0.3) is 0 Å². The molecule has 0 amide bonds. The van der Waals surface area contributed by atoms with Crippen LogP contribution in [0.1, 0.15) is 33.4 Å². The van der Waals surface area contributed by atoms with Gasteiger partial charge in [0.15, 0.2) is 5.13 Å². The molecule has 1 aromatic heterocycles. The van der Waals surface area contributed by atoms with Crippen molar-refractivity contribution < 1.29 is 0 Å². The summed E-state index contributed by atoms with van der Waals surface area (Å²) in [6.07, 6.45) is 0. The van der Waals surface area contributed by atoms with Gasteiger partial charge in [0.05, 0.1) is 5.69 Å². The minimum absolute atomic E-state index is 0.682. The summed E-state index contributed by atoms with van der Waals surface area (Å²) in [6.45, 7) is 12.8. The highest BCUT2D eigenvalue weighted by Crippen LogP contribution is 2.21. The molecular formula is C12H23N3S. The SMILES string of the molecule is CCNCc1csc(N(CC)CC(C)C)n1. The van der Waals surface area contributed by atoms with Gasteiger partial charge in [-0.1, -0.05) is 20.8 Å². The number of rotatable bonds is 7. The van der Waals surface area contributed by atoms with Crippen LogP contribution in [0.4, 0.5) is 5.13 Å². The van der Waals surface area contributed by atoms with Gasteiger partial charge in [0.1, 0.15) is 0 Å². The van der Waals surface area contributed by atoms with Crippen molar-refractivity contribution in [3.8, 4) is 0 Å². The second kappa shape index (κ2) is 6.86. The van der Waals surface area contributed by atoms with E-state index in [1.54, 1.807) is 11.3 Å². The summed E-state index contributed by atoms with van der Waals surface area (Å²) in [7, 11) is 0. The lowest BCUT2D eigenvalue weighted by Gasteiger charge is -2.21. The molecule has 0 fully saturated rings. The Labute approximate surface area is 103 Å². The summed E-state index contributed by atoms with van der Waals surface area (Å²) in [5.74, 6) is 0.682. The fourth-order valence-corrected chi connectivity index (χ4v) is 2.46. The van der Waals surface area contributed by atoms with Crippen molar-refractivity contribution in [1.82, 2.24) is 10.3 Å². The first kappa shape index (κ1) is 13.5. The number of aromatic nitrogens is 1. The standard InChI is InChI=1S/C12H23N3S/c1-5-13-7-11-9-16-12(14-11)15(6-2)8-10(3)4/h9-10,13H,5-8H2,1-4H3. The maximum atomic E-state index is 4.65. The molecule has 0 aliphatic rings. The van der Waals surface area contributed by atoms with Gasteiger partial charge in [-0.3, -0.25) is 0 Å². The lowest BCUT2D eigenvalue weighted by molar-refractivity contribution is 0.616. The molecule has 0 radical (unpaired) electrons. The second-order valence-electron chi connectivity index (χ2n) is 4.33. The van der Waals surface area contributed by atoms with E-state index >= 15 is 0 Å². The van der Waals surface area contributed by atoms with Gasteiger partial charge in [0.25, 0.3) is 0 Å². The summed E-state index contributed by atoms with van der Waals surface area (Å²) in [4.78, 5) is 7.01. The van der Waals surface area contributed by atoms with E-state index in [0.717, 1.165) is 37.0 Å². The summed E-state index contributed by atoms with van der Waals surface area (Å²) < 4.78 is 0. The van der Waals surface area contributed by atoms with Crippen LogP contribution in [0.15, 0.2) is 5.38 Å². The van der Waals surface area contributed by atoms with Crippen LogP contribution in [0.3, 0.4) is 0 Å². The molecular weight excluding hydrogens is 218 g/mol. The summed E-state index contributed by atoms with van der Waals surface area (Å²) in [5, 5.41) is 6.61. The predicted octanol–water partition coefficient (Wildman–Crippen LogP) is 2.73. The van der Waals surface area contributed by atoms with Crippen molar-refractivity contribution in [2.45, 2.75) is 34.2 Å². The molecule has 0 atom stereocenters. The molecule has 1 aromatic rings. The molecule has 1 N–H and O–H groups in total. The zero-order chi connectivity index (χ0) is 12.0. The van der Waals surface area contributed by atoms with E-state index < -0.39 is 0 Å². The molecule has 16 heavy (non-hydrogen) atoms. The first-order valence-electron chi connectivity index (χ1n) is 6.07. The van der Waals surface area contributed by atoms with Crippen LogP contribution in [0.5, 0.6) is 0 Å². The van der Waals surface area contributed by atoms with Gasteiger partial charge >= 0.3 is 0 Å². The minimum atomic E-state index is 0.682. The Morgan fingerprint density at radius 3 is 2.75 bits per heavy atom. The Morgan fingerprint density at radius 1 is 1.44 bits per heavy atom. The Morgan fingerprint density at radius 2 is 2.19 bits per heavy atom. The van der Waals surface area contributed by atoms with E-state index in [9.17, 15) is 0 Å². The number of anilines is 1. The van der Waals surface area contributed by atoms with Gasteiger partial charge < -0.3 is 10.2 Å². The molecule has 92 valence electrons. The summed E-state index contributed by atoms with van der Waals surface area (Å²) in [5.41, 5.74) is 1.16. The molecule has 0 aliphatic carbocycles. The predicted molar refractivity (Wildman–Crippen MR) is 72.2 cm³/mol.